The molecule has 6 nitrogen and oxygen atoms in total. The second-order valence-corrected chi connectivity index (χ2v) is 9.23. The molecule has 0 aliphatic carbocycles. The third-order valence-electron chi connectivity index (χ3n) is 6.18. The monoisotopic (exact) mass is 463 g/mol. The van der Waals surface area contributed by atoms with Crippen LogP contribution in [0.25, 0.3) is 0 Å². The van der Waals surface area contributed by atoms with Gasteiger partial charge in [0.25, 0.3) is 5.91 Å². The molecule has 1 aromatic carbocycles. The van der Waals surface area contributed by atoms with Crippen LogP contribution >= 0.6 is 0 Å². The topological polar surface area (TPSA) is 80.3 Å². The molecule has 1 aromatic heterocycles. The van der Waals surface area contributed by atoms with Crippen LogP contribution < -0.4 is 10.6 Å². The Morgan fingerprint density at radius 3 is 2.76 bits per heavy atom. The molecule has 3 rings (SSSR count). The zero-order valence-corrected chi connectivity index (χ0v) is 20.6. The van der Waals surface area contributed by atoms with Crippen LogP contribution in [0.3, 0.4) is 0 Å². The van der Waals surface area contributed by atoms with Gasteiger partial charge in [0.1, 0.15) is 11.9 Å². The Kier molecular flexibility index (Phi) is 9.25. The summed E-state index contributed by atoms with van der Waals surface area (Å²) < 4.78 is 5.67. The zero-order valence-electron chi connectivity index (χ0n) is 20.6. The molecule has 1 amide bonds. The van der Waals surface area contributed by atoms with Crippen LogP contribution in [0, 0.1) is 12.8 Å². The number of aromatic nitrogens is 1. The number of ether oxygens (including phenoxy) is 1. The molecule has 0 bridgehead atoms. The van der Waals surface area contributed by atoms with Gasteiger partial charge >= 0.3 is 5.97 Å². The smallest absolute Gasteiger partial charge is 0.309 e. The number of amides is 1. The molecule has 34 heavy (non-hydrogen) atoms. The number of aryl methyl sites for hydroxylation is 2. The summed E-state index contributed by atoms with van der Waals surface area (Å²) in [6.07, 6.45) is 7.21. The first-order valence-corrected chi connectivity index (χ1v) is 12.3. The molecular formula is C28H37N3O3. The number of benzene rings is 1. The Bertz CT molecular complexity index is 1000. The number of pyridine rings is 1. The van der Waals surface area contributed by atoms with Crippen LogP contribution in [0.5, 0.6) is 0 Å². The molecule has 3 atom stereocenters. The highest BCUT2D eigenvalue weighted by atomic mass is 16.6. The van der Waals surface area contributed by atoms with Gasteiger partial charge < -0.3 is 15.4 Å². The van der Waals surface area contributed by atoms with Crippen molar-refractivity contribution in [3.05, 3.63) is 71.4 Å². The summed E-state index contributed by atoms with van der Waals surface area (Å²) in [7, 11) is 0. The highest BCUT2D eigenvalue weighted by Crippen LogP contribution is 2.25. The van der Waals surface area contributed by atoms with Crippen molar-refractivity contribution in [1.29, 1.82) is 0 Å². The Morgan fingerprint density at radius 1 is 1.26 bits per heavy atom. The minimum absolute atomic E-state index is 0.164. The molecule has 2 heterocycles. The minimum atomic E-state index is -0.350. The van der Waals surface area contributed by atoms with Gasteiger partial charge in [0.15, 0.2) is 0 Å². The first-order valence-electron chi connectivity index (χ1n) is 12.3. The zero-order chi connectivity index (χ0) is 24.5. The fraction of sp³-hybridized carbons (Fsp3) is 0.464. The number of cyclic esters (lactones) is 1. The Balaban J connectivity index is 1.78. The fourth-order valence-corrected chi connectivity index (χ4v) is 4.34. The van der Waals surface area contributed by atoms with E-state index in [2.05, 4.69) is 53.4 Å². The molecule has 0 unspecified atom stereocenters. The maximum atomic E-state index is 13.3. The van der Waals surface area contributed by atoms with Crippen LogP contribution in [0.1, 0.15) is 66.7 Å². The van der Waals surface area contributed by atoms with Crippen molar-refractivity contribution in [2.75, 3.05) is 11.9 Å². The number of carbonyl (C=O) groups excluding carboxylic acids is 2. The largest absolute Gasteiger partial charge is 0.460 e. The SMILES string of the molecule is C=CCNc1cc(C(=O)N[C@@H](Cc2cccc(CCCCC)c2)[C@@H]2C[C@@H](C)C(=O)O2)cc(C)n1. The van der Waals surface area contributed by atoms with Gasteiger partial charge in [-0.1, -0.05) is 57.0 Å². The van der Waals surface area contributed by atoms with E-state index in [0.29, 0.717) is 30.8 Å². The average molecular weight is 464 g/mol. The van der Waals surface area contributed by atoms with Gasteiger partial charge in [0, 0.05) is 17.8 Å². The van der Waals surface area contributed by atoms with Crippen molar-refractivity contribution in [2.24, 2.45) is 5.92 Å². The summed E-state index contributed by atoms with van der Waals surface area (Å²) in [6.45, 7) is 10.2. The van der Waals surface area contributed by atoms with E-state index in [0.717, 1.165) is 17.7 Å². The van der Waals surface area contributed by atoms with E-state index in [1.165, 1.54) is 24.8 Å². The predicted octanol–water partition coefficient (Wildman–Crippen LogP) is 5.01. The predicted molar refractivity (Wildman–Crippen MR) is 136 cm³/mol. The van der Waals surface area contributed by atoms with Gasteiger partial charge in [0.05, 0.1) is 12.0 Å². The van der Waals surface area contributed by atoms with Gasteiger partial charge in [-0.2, -0.15) is 0 Å². The van der Waals surface area contributed by atoms with E-state index in [4.69, 9.17) is 4.74 Å². The molecule has 2 N–H and O–H groups in total. The van der Waals surface area contributed by atoms with Gasteiger partial charge in [-0.05, 0) is 55.9 Å². The van der Waals surface area contributed by atoms with Crippen molar-refractivity contribution >= 4 is 17.7 Å². The molecule has 2 aromatic rings. The van der Waals surface area contributed by atoms with E-state index < -0.39 is 0 Å². The lowest BCUT2D eigenvalue weighted by Crippen LogP contribution is -2.45. The van der Waals surface area contributed by atoms with Crippen molar-refractivity contribution in [3.8, 4) is 0 Å². The highest BCUT2D eigenvalue weighted by molar-refractivity contribution is 5.95. The number of nitrogens with one attached hydrogen (secondary N) is 2. The molecule has 6 heteroatoms. The fourth-order valence-electron chi connectivity index (χ4n) is 4.34. The Hall–Kier alpha value is -3.15. The molecule has 0 saturated carbocycles. The van der Waals surface area contributed by atoms with Crippen LogP contribution in [-0.4, -0.2) is 35.6 Å². The first-order chi connectivity index (χ1) is 16.4. The summed E-state index contributed by atoms with van der Waals surface area (Å²) in [5, 5.41) is 6.29. The van der Waals surface area contributed by atoms with E-state index >= 15 is 0 Å². The van der Waals surface area contributed by atoms with E-state index in [9.17, 15) is 9.59 Å². The second kappa shape index (κ2) is 12.4. The lowest BCUT2D eigenvalue weighted by molar-refractivity contribution is -0.144. The summed E-state index contributed by atoms with van der Waals surface area (Å²) >= 11 is 0. The summed E-state index contributed by atoms with van der Waals surface area (Å²) in [5.41, 5.74) is 3.70. The number of hydrogen-bond donors (Lipinski definition) is 2. The maximum absolute atomic E-state index is 13.3. The van der Waals surface area contributed by atoms with Crippen LogP contribution in [-0.2, 0) is 22.4 Å². The highest BCUT2D eigenvalue weighted by Gasteiger charge is 2.37. The minimum Gasteiger partial charge on any atom is -0.460 e. The standard InChI is InChI=1S/C28H37N3O3/c1-5-7-8-10-21-11-9-12-22(16-21)17-24(25-14-19(3)28(33)34-25)31-27(32)23-15-20(4)30-26(18-23)29-13-6-2/h6,9,11-12,15-16,18-19,24-25H,2,5,7-8,10,13-14,17H2,1,3-4H3,(H,29,30)(H,31,32)/t19-,24+,25+/m1/s1. The number of hydrogen-bond acceptors (Lipinski definition) is 5. The van der Waals surface area contributed by atoms with Crippen molar-refractivity contribution in [1.82, 2.24) is 10.3 Å². The normalized spacial score (nSPS) is 18.3. The number of rotatable bonds is 12. The molecule has 0 radical (unpaired) electrons. The number of carbonyl (C=O) groups is 2. The van der Waals surface area contributed by atoms with Crippen molar-refractivity contribution in [2.45, 2.75) is 71.4 Å². The summed E-state index contributed by atoms with van der Waals surface area (Å²) in [4.78, 5) is 29.8. The van der Waals surface area contributed by atoms with E-state index in [1.807, 2.05) is 13.8 Å². The number of unbranched alkanes of at least 4 members (excludes halogenated alkanes) is 2. The number of nitrogens with zero attached hydrogens (tertiary/aromatic N) is 1. The van der Waals surface area contributed by atoms with Crippen LogP contribution in [0.15, 0.2) is 49.1 Å². The molecule has 182 valence electrons. The number of esters is 1. The first kappa shape index (κ1) is 25.5. The van der Waals surface area contributed by atoms with Crippen molar-refractivity contribution in [3.63, 3.8) is 0 Å². The van der Waals surface area contributed by atoms with E-state index in [1.54, 1.807) is 18.2 Å². The molecule has 1 aliphatic heterocycles. The quantitative estimate of drug-likeness (QED) is 0.263. The van der Waals surface area contributed by atoms with Crippen LogP contribution in [0.2, 0.25) is 0 Å². The van der Waals surface area contributed by atoms with Gasteiger partial charge in [0.2, 0.25) is 0 Å². The van der Waals surface area contributed by atoms with Crippen molar-refractivity contribution < 1.29 is 14.3 Å². The second-order valence-electron chi connectivity index (χ2n) is 9.23. The maximum Gasteiger partial charge on any atom is 0.309 e. The molecule has 0 spiro atoms. The lowest BCUT2D eigenvalue weighted by Gasteiger charge is -2.24. The molecular weight excluding hydrogens is 426 g/mol. The van der Waals surface area contributed by atoms with Gasteiger partial charge in [-0.15, -0.1) is 6.58 Å². The van der Waals surface area contributed by atoms with Gasteiger partial charge in [-0.3, -0.25) is 9.59 Å². The van der Waals surface area contributed by atoms with Gasteiger partial charge in [-0.25, -0.2) is 4.98 Å². The lowest BCUT2D eigenvalue weighted by atomic mass is 9.94. The Labute approximate surface area is 203 Å². The third kappa shape index (κ3) is 7.17. The average Bonchev–Trinajstić information content (AvgIpc) is 3.15. The molecule has 1 aliphatic rings. The molecule has 1 saturated heterocycles. The van der Waals surface area contributed by atoms with Crippen LogP contribution in [0.4, 0.5) is 5.82 Å². The number of anilines is 1. The summed E-state index contributed by atoms with van der Waals surface area (Å²) in [5.74, 6) is 0.0602. The summed E-state index contributed by atoms with van der Waals surface area (Å²) in [6, 6.07) is 11.7. The Morgan fingerprint density at radius 2 is 2.06 bits per heavy atom. The third-order valence-corrected chi connectivity index (χ3v) is 6.18. The molecule has 1 fully saturated rings. The van der Waals surface area contributed by atoms with E-state index in [-0.39, 0.29) is 29.9 Å².